The van der Waals surface area contributed by atoms with Crippen LogP contribution in [0.15, 0.2) is 51.5 Å². The summed E-state index contributed by atoms with van der Waals surface area (Å²) in [6.45, 7) is 7.53. The molecule has 2 aromatic heterocycles. The Hall–Kier alpha value is -4.06. The van der Waals surface area contributed by atoms with Gasteiger partial charge in [0.25, 0.3) is 11.8 Å². The molecule has 176 valence electrons. The lowest BCUT2D eigenvalue weighted by atomic mass is 10.0. The van der Waals surface area contributed by atoms with E-state index in [-0.39, 0.29) is 29.3 Å². The zero-order valence-corrected chi connectivity index (χ0v) is 19.4. The molecule has 1 N–H and O–H groups in total. The fraction of sp³-hybridized carbons (Fsp3) is 0.360. The van der Waals surface area contributed by atoms with Gasteiger partial charge in [-0.05, 0) is 36.6 Å². The molecule has 0 radical (unpaired) electrons. The maximum atomic E-state index is 13.3. The van der Waals surface area contributed by atoms with Crippen LogP contribution in [-0.2, 0) is 4.79 Å². The Kier molecular flexibility index (Phi) is 6.68. The van der Waals surface area contributed by atoms with Crippen LogP contribution >= 0.6 is 0 Å². The number of hydrogen-bond acceptors (Lipinski definition) is 7. The molecule has 0 saturated carbocycles. The molecule has 0 bridgehead atoms. The number of nitriles is 1. The summed E-state index contributed by atoms with van der Waals surface area (Å²) in [4.78, 5) is 34.0. The summed E-state index contributed by atoms with van der Waals surface area (Å²) in [6.07, 6.45) is 1.51. The molecule has 1 aliphatic rings. The predicted octanol–water partition coefficient (Wildman–Crippen LogP) is 3.22. The van der Waals surface area contributed by atoms with E-state index in [1.165, 1.54) is 6.26 Å². The van der Waals surface area contributed by atoms with E-state index in [9.17, 15) is 14.9 Å². The molecule has 1 atom stereocenters. The highest BCUT2D eigenvalue weighted by atomic mass is 16.4. The van der Waals surface area contributed by atoms with Crippen LogP contribution in [0.2, 0.25) is 0 Å². The van der Waals surface area contributed by atoms with E-state index in [0.29, 0.717) is 43.4 Å². The Bertz CT molecular complexity index is 1200. The van der Waals surface area contributed by atoms with Gasteiger partial charge in [-0.2, -0.15) is 10.2 Å². The van der Waals surface area contributed by atoms with E-state index >= 15 is 0 Å². The van der Waals surface area contributed by atoms with Gasteiger partial charge in [-0.25, -0.2) is 0 Å². The number of benzene rings is 1. The van der Waals surface area contributed by atoms with Crippen molar-refractivity contribution in [2.75, 3.05) is 31.1 Å². The molecule has 3 heterocycles. The third kappa shape index (κ3) is 4.66. The molecule has 0 aliphatic carbocycles. The van der Waals surface area contributed by atoms with Gasteiger partial charge in [0.15, 0.2) is 5.76 Å². The Morgan fingerprint density at radius 3 is 2.47 bits per heavy atom. The predicted molar refractivity (Wildman–Crippen MR) is 125 cm³/mol. The summed E-state index contributed by atoms with van der Waals surface area (Å²) in [5, 5.41) is 12.4. The van der Waals surface area contributed by atoms with Crippen LogP contribution in [-0.4, -0.2) is 53.9 Å². The summed E-state index contributed by atoms with van der Waals surface area (Å²) >= 11 is 0. The molecule has 1 saturated heterocycles. The second-order valence-corrected chi connectivity index (χ2v) is 8.58. The van der Waals surface area contributed by atoms with Gasteiger partial charge in [0.1, 0.15) is 12.1 Å². The zero-order chi connectivity index (χ0) is 24.2. The van der Waals surface area contributed by atoms with Gasteiger partial charge >= 0.3 is 0 Å². The molecule has 34 heavy (non-hydrogen) atoms. The zero-order valence-electron chi connectivity index (χ0n) is 19.4. The molecule has 1 aromatic carbocycles. The highest BCUT2D eigenvalue weighted by Crippen LogP contribution is 2.29. The first-order valence-electron chi connectivity index (χ1n) is 11.2. The van der Waals surface area contributed by atoms with Crippen molar-refractivity contribution in [3.05, 3.63) is 59.5 Å². The van der Waals surface area contributed by atoms with E-state index in [1.807, 2.05) is 43.9 Å². The maximum Gasteiger partial charge on any atom is 0.266 e. The van der Waals surface area contributed by atoms with Gasteiger partial charge < -0.3 is 24.0 Å². The number of amides is 2. The second kappa shape index (κ2) is 9.83. The Balaban J connectivity index is 1.43. The van der Waals surface area contributed by atoms with Crippen LogP contribution in [0.25, 0.3) is 11.7 Å². The normalized spacial score (nSPS) is 14.7. The van der Waals surface area contributed by atoms with E-state index in [2.05, 4.69) is 16.4 Å². The monoisotopic (exact) mass is 461 g/mol. The van der Waals surface area contributed by atoms with Gasteiger partial charge in [-0.1, -0.05) is 32.0 Å². The SMILES string of the molecule is Cc1ccccc1C(=O)NC(C(=O)N1CCN(c2oc(-c3ccco3)nc2C#N)CC1)C(C)C. The topological polar surface area (TPSA) is 116 Å². The number of aromatic nitrogens is 1. The van der Waals surface area contributed by atoms with Crippen molar-refractivity contribution < 1.29 is 18.4 Å². The van der Waals surface area contributed by atoms with Crippen molar-refractivity contribution in [3.8, 4) is 17.7 Å². The second-order valence-electron chi connectivity index (χ2n) is 8.58. The van der Waals surface area contributed by atoms with Crippen molar-refractivity contribution in [1.29, 1.82) is 5.26 Å². The smallest absolute Gasteiger partial charge is 0.266 e. The molecule has 4 rings (SSSR count). The third-order valence-electron chi connectivity index (χ3n) is 5.93. The molecule has 9 heteroatoms. The number of oxazole rings is 1. The first-order chi connectivity index (χ1) is 16.4. The number of anilines is 1. The molecular weight excluding hydrogens is 434 g/mol. The van der Waals surface area contributed by atoms with E-state index in [1.54, 1.807) is 23.1 Å². The minimum Gasteiger partial charge on any atom is -0.459 e. The first kappa shape index (κ1) is 23.1. The lowest BCUT2D eigenvalue weighted by Crippen LogP contribution is -2.56. The molecule has 0 spiro atoms. The summed E-state index contributed by atoms with van der Waals surface area (Å²) in [7, 11) is 0. The number of hydrogen-bond donors (Lipinski definition) is 1. The van der Waals surface area contributed by atoms with E-state index in [4.69, 9.17) is 8.83 Å². The van der Waals surface area contributed by atoms with Gasteiger partial charge in [0.05, 0.1) is 6.26 Å². The van der Waals surface area contributed by atoms with Crippen molar-refractivity contribution in [2.45, 2.75) is 26.8 Å². The lowest BCUT2D eigenvalue weighted by Gasteiger charge is -2.37. The molecular formula is C25H27N5O4. The summed E-state index contributed by atoms with van der Waals surface area (Å²) in [5.41, 5.74) is 1.60. The molecule has 1 unspecified atom stereocenters. The fourth-order valence-corrected chi connectivity index (χ4v) is 3.99. The number of nitrogens with one attached hydrogen (secondary N) is 1. The quantitative estimate of drug-likeness (QED) is 0.599. The van der Waals surface area contributed by atoms with Gasteiger partial charge in [0.2, 0.25) is 17.5 Å². The summed E-state index contributed by atoms with van der Waals surface area (Å²) in [5.74, 6) is 0.609. The fourth-order valence-electron chi connectivity index (χ4n) is 3.99. The molecule has 1 fully saturated rings. The number of carbonyl (C=O) groups is 2. The van der Waals surface area contributed by atoms with Gasteiger partial charge in [-0.3, -0.25) is 9.59 Å². The standard InChI is InChI=1S/C25H27N5O4/c1-16(2)21(28-22(31)18-8-5-4-7-17(18)3)24(32)29-10-12-30(13-11-29)25-19(15-26)27-23(34-25)20-9-6-14-33-20/h4-9,14,16,21H,10-13H2,1-3H3,(H,28,31). The van der Waals surface area contributed by atoms with Crippen LogP contribution in [0.4, 0.5) is 5.88 Å². The van der Waals surface area contributed by atoms with Gasteiger partial charge in [-0.15, -0.1) is 0 Å². The number of rotatable bonds is 6. The number of carbonyl (C=O) groups excluding carboxylic acids is 2. The third-order valence-corrected chi connectivity index (χ3v) is 5.93. The molecule has 9 nitrogen and oxygen atoms in total. The highest BCUT2D eigenvalue weighted by molar-refractivity contribution is 5.98. The first-order valence-corrected chi connectivity index (χ1v) is 11.2. The minimum atomic E-state index is -0.635. The molecule has 3 aromatic rings. The number of aryl methyl sites for hydroxylation is 1. The average molecular weight is 462 g/mol. The van der Waals surface area contributed by atoms with Crippen LogP contribution in [0.1, 0.15) is 35.5 Å². The summed E-state index contributed by atoms with van der Waals surface area (Å²) in [6, 6.07) is 12.2. The highest BCUT2D eigenvalue weighted by Gasteiger charge is 2.32. The van der Waals surface area contributed by atoms with Crippen molar-refractivity contribution in [2.24, 2.45) is 5.92 Å². The van der Waals surface area contributed by atoms with Crippen molar-refractivity contribution in [1.82, 2.24) is 15.2 Å². The maximum absolute atomic E-state index is 13.3. The molecule has 1 aliphatic heterocycles. The Labute approximate surface area is 198 Å². The van der Waals surface area contributed by atoms with Gasteiger partial charge in [0, 0.05) is 31.7 Å². The number of nitrogens with zero attached hydrogens (tertiary/aromatic N) is 4. The van der Waals surface area contributed by atoms with E-state index < -0.39 is 6.04 Å². The lowest BCUT2D eigenvalue weighted by molar-refractivity contribution is -0.134. The number of furan rings is 1. The minimum absolute atomic E-state index is 0.0752. The molecule has 2 amide bonds. The van der Waals surface area contributed by atoms with Crippen LogP contribution in [0.3, 0.4) is 0 Å². The van der Waals surface area contributed by atoms with Crippen molar-refractivity contribution >= 4 is 17.7 Å². The van der Waals surface area contributed by atoms with Crippen LogP contribution < -0.4 is 10.2 Å². The Morgan fingerprint density at radius 2 is 1.85 bits per heavy atom. The Morgan fingerprint density at radius 1 is 1.12 bits per heavy atom. The van der Waals surface area contributed by atoms with Crippen molar-refractivity contribution in [3.63, 3.8) is 0 Å². The van der Waals surface area contributed by atoms with E-state index in [0.717, 1.165) is 5.56 Å². The van der Waals surface area contributed by atoms with Crippen LogP contribution in [0.5, 0.6) is 0 Å². The largest absolute Gasteiger partial charge is 0.459 e. The summed E-state index contributed by atoms with van der Waals surface area (Å²) < 4.78 is 11.1. The number of piperazine rings is 1. The van der Waals surface area contributed by atoms with Crippen LogP contribution in [0, 0.1) is 24.2 Å². The average Bonchev–Trinajstić information content (AvgIpc) is 3.52.